The number of carbonyl (C=O) groups is 3. The van der Waals surface area contributed by atoms with E-state index >= 15 is 0 Å². The Kier molecular flexibility index (Phi) is 6.73. The lowest BCUT2D eigenvalue weighted by Gasteiger charge is -2.45. The van der Waals surface area contributed by atoms with Gasteiger partial charge in [-0.1, -0.05) is 18.2 Å². The molecule has 0 saturated carbocycles. The van der Waals surface area contributed by atoms with Crippen LogP contribution >= 0.6 is 0 Å². The third-order valence-electron chi connectivity index (χ3n) is 7.53. The van der Waals surface area contributed by atoms with Crippen molar-refractivity contribution in [1.82, 2.24) is 10.0 Å². The van der Waals surface area contributed by atoms with Gasteiger partial charge in [-0.2, -0.15) is 5.26 Å². The van der Waals surface area contributed by atoms with Gasteiger partial charge >= 0.3 is 0 Å². The zero-order valence-corrected chi connectivity index (χ0v) is 22.8. The number of nitrogens with two attached hydrogens (primary N) is 1. The van der Waals surface area contributed by atoms with Gasteiger partial charge in [0.2, 0.25) is 11.8 Å². The van der Waals surface area contributed by atoms with Crippen LogP contribution in [0.1, 0.15) is 24.8 Å². The van der Waals surface area contributed by atoms with Gasteiger partial charge in [-0.3, -0.25) is 19.4 Å². The fraction of sp³-hybridized carbons (Fsp3) is 0.310. The molecule has 0 bridgehead atoms. The lowest BCUT2D eigenvalue weighted by atomic mass is 9.64. The van der Waals surface area contributed by atoms with E-state index < -0.39 is 17.2 Å². The number of nitrogens with one attached hydrogen (secondary N) is 1. The zero-order chi connectivity index (χ0) is 28.8. The molecule has 1 unspecified atom stereocenters. The molecule has 1 aliphatic carbocycles. The molecule has 11 nitrogen and oxygen atoms in total. The van der Waals surface area contributed by atoms with E-state index in [9.17, 15) is 19.6 Å². The van der Waals surface area contributed by atoms with Gasteiger partial charge in [-0.05, 0) is 31.0 Å². The Morgan fingerprint density at radius 1 is 1.15 bits per heavy atom. The van der Waals surface area contributed by atoms with Crippen LogP contribution in [-0.2, 0) is 19.8 Å². The van der Waals surface area contributed by atoms with Crippen LogP contribution in [0.5, 0.6) is 11.5 Å². The largest absolute Gasteiger partial charge is 0.497 e. The van der Waals surface area contributed by atoms with E-state index in [1.54, 1.807) is 66.6 Å². The number of fused-ring (bicyclic) bond motifs is 3. The molecule has 206 valence electrons. The van der Waals surface area contributed by atoms with E-state index in [-0.39, 0.29) is 35.7 Å². The van der Waals surface area contributed by atoms with Crippen molar-refractivity contribution in [2.75, 3.05) is 45.1 Å². The van der Waals surface area contributed by atoms with Crippen molar-refractivity contribution in [3.8, 4) is 17.6 Å². The zero-order valence-electron chi connectivity index (χ0n) is 22.8. The number of rotatable bonds is 6. The summed E-state index contributed by atoms with van der Waals surface area (Å²) in [6, 6.07) is 14.1. The maximum Gasteiger partial charge on any atom is 0.248 e. The Morgan fingerprint density at radius 3 is 2.58 bits per heavy atom. The van der Waals surface area contributed by atoms with Crippen molar-refractivity contribution in [1.29, 1.82) is 5.26 Å². The van der Waals surface area contributed by atoms with Gasteiger partial charge in [-0.25, -0.2) is 5.01 Å². The number of carbonyl (C=O) groups excluding carboxylic acids is 3. The molecule has 40 heavy (non-hydrogen) atoms. The van der Waals surface area contributed by atoms with Crippen LogP contribution in [0.4, 0.5) is 11.4 Å². The molecule has 5 rings (SSSR count). The molecule has 1 spiro atoms. The maximum absolute atomic E-state index is 14.6. The molecule has 2 aromatic carbocycles. The molecule has 2 heterocycles. The average molecular weight is 543 g/mol. The number of ketones is 1. The van der Waals surface area contributed by atoms with Crippen molar-refractivity contribution >= 4 is 29.0 Å². The first kappa shape index (κ1) is 26.8. The Hall–Kier alpha value is -4.82. The molecule has 0 fully saturated rings. The minimum atomic E-state index is -1.75. The molecular weight excluding hydrogens is 512 g/mol. The molecule has 3 N–H and O–H groups in total. The molecule has 2 amide bonds. The van der Waals surface area contributed by atoms with Gasteiger partial charge in [-0.15, -0.1) is 0 Å². The number of hydrogen-bond donors (Lipinski definition) is 2. The molecule has 2 aromatic rings. The number of ether oxygens (including phenoxy) is 2. The topological polar surface area (TPSA) is 141 Å². The number of nitriles is 1. The third kappa shape index (κ3) is 3.79. The minimum absolute atomic E-state index is 0.0370. The summed E-state index contributed by atoms with van der Waals surface area (Å²) in [5, 5.41) is 16.6. The van der Waals surface area contributed by atoms with Crippen molar-refractivity contribution in [2.24, 2.45) is 5.73 Å². The predicted octanol–water partition coefficient (Wildman–Crippen LogP) is 2.42. The standard InChI is InChI=1S/C29H30N6O5/c1-33(2)35-22-10-7-11-23(36)26(22)29(19(15-30)27(35)31)18-8-5-6-9-21(18)34(28(29)38)16-25(37)32-20-14-17(39-3)12-13-24(20)40-4/h5-6,8-9,12-14H,7,10-11,16,31H2,1-4H3,(H,32,37). The highest BCUT2D eigenvalue weighted by Crippen LogP contribution is 2.56. The quantitative estimate of drug-likeness (QED) is 0.563. The molecule has 0 aromatic heterocycles. The minimum Gasteiger partial charge on any atom is -0.497 e. The number of para-hydroxylation sites is 1. The third-order valence-corrected chi connectivity index (χ3v) is 7.53. The van der Waals surface area contributed by atoms with E-state index in [2.05, 4.69) is 11.4 Å². The van der Waals surface area contributed by atoms with E-state index in [0.717, 1.165) is 0 Å². The van der Waals surface area contributed by atoms with Crippen LogP contribution in [0.25, 0.3) is 0 Å². The van der Waals surface area contributed by atoms with E-state index in [0.29, 0.717) is 47.0 Å². The number of methoxy groups -OCH3 is 2. The van der Waals surface area contributed by atoms with Crippen LogP contribution in [0.15, 0.2) is 65.1 Å². The van der Waals surface area contributed by atoms with Crippen molar-refractivity contribution < 1.29 is 23.9 Å². The van der Waals surface area contributed by atoms with Crippen molar-refractivity contribution in [2.45, 2.75) is 24.7 Å². The van der Waals surface area contributed by atoms with E-state index in [4.69, 9.17) is 15.2 Å². The fourth-order valence-corrected chi connectivity index (χ4v) is 5.97. The molecule has 2 aliphatic heterocycles. The number of nitrogens with zero attached hydrogens (tertiary/aromatic N) is 4. The second kappa shape index (κ2) is 10.1. The Labute approximate surface area is 232 Å². The predicted molar refractivity (Wildman–Crippen MR) is 147 cm³/mol. The fourth-order valence-electron chi connectivity index (χ4n) is 5.97. The summed E-state index contributed by atoms with van der Waals surface area (Å²) in [6.45, 7) is -0.370. The highest BCUT2D eigenvalue weighted by atomic mass is 16.5. The summed E-state index contributed by atoms with van der Waals surface area (Å²) >= 11 is 0. The van der Waals surface area contributed by atoms with Crippen LogP contribution in [0, 0.1) is 11.3 Å². The van der Waals surface area contributed by atoms with Crippen molar-refractivity contribution in [3.05, 3.63) is 70.7 Å². The molecular formula is C29H30N6O5. The Morgan fingerprint density at radius 2 is 1.90 bits per heavy atom. The van der Waals surface area contributed by atoms with Crippen LogP contribution in [-0.4, -0.2) is 62.5 Å². The van der Waals surface area contributed by atoms with Crippen LogP contribution in [0.2, 0.25) is 0 Å². The number of hydrogen-bond acceptors (Lipinski definition) is 9. The Balaban J connectivity index is 1.63. The van der Waals surface area contributed by atoms with Gasteiger partial charge in [0.15, 0.2) is 5.78 Å². The van der Waals surface area contributed by atoms with E-state index in [1.165, 1.54) is 19.1 Å². The molecule has 0 radical (unpaired) electrons. The number of hydrazine groups is 1. The lowest BCUT2D eigenvalue weighted by molar-refractivity contribution is -0.125. The van der Waals surface area contributed by atoms with Crippen molar-refractivity contribution in [3.63, 3.8) is 0 Å². The van der Waals surface area contributed by atoms with Gasteiger partial charge in [0.05, 0.1) is 25.5 Å². The molecule has 11 heteroatoms. The van der Waals surface area contributed by atoms with Crippen LogP contribution < -0.4 is 25.4 Å². The maximum atomic E-state index is 14.6. The van der Waals surface area contributed by atoms with Gasteiger partial charge in [0, 0.05) is 49.1 Å². The average Bonchev–Trinajstić information content (AvgIpc) is 3.16. The summed E-state index contributed by atoms with van der Waals surface area (Å²) in [5.74, 6) is -0.278. The number of benzene rings is 2. The smallest absolute Gasteiger partial charge is 0.248 e. The summed E-state index contributed by atoms with van der Waals surface area (Å²) in [6.07, 6.45) is 1.34. The normalized spacial score (nSPS) is 20.1. The summed E-state index contributed by atoms with van der Waals surface area (Å²) in [4.78, 5) is 42.9. The second-order valence-corrected chi connectivity index (χ2v) is 9.90. The van der Waals surface area contributed by atoms with Gasteiger partial charge in [0.25, 0.3) is 0 Å². The molecule has 3 aliphatic rings. The number of amides is 2. The highest BCUT2D eigenvalue weighted by Gasteiger charge is 2.62. The summed E-state index contributed by atoms with van der Waals surface area (Å²) < 4.78 is 10.6. The second-order valence-electron chi connectivity index (χ2n) is 9.90. The first-order chi connectivity index (χ1) is 19.2. The highest BCUT2D eigenvalue weighted by molar-refractivity contribution is 6.21. The lowest BCUT2D eigenvalue weighted by Crippen LogP contribution is -2.55. The monoisotopic (exact) mass is 542 g/mol. The first-order valence-electron chi connectivity index (χ1n) is 12.8. The molecule has 1 atom stereocenters. The number of Topliss-reactive ketones (excluding diaryl/α,β-unsaturated/α-hetero) is 1. The number of allylic oxidation sites excluding steroid dienone is 1. The van der Waals surface area contributed by atoms with Gasteiger partial charge < -0.3 is 25.4 Å². The summed E-state index contributed by atoms with van der Waals surface area (Å²) in [5.41, 5.74) is 6.90. The number of anilines is 2. The summed E-state index contributed by atoms with van der Waals surface area (Å²) in [7, 11) is 6.51. The SMILES string of the molecule is COc1ccc(OC)c(NC(=O)CN2C(=O)C3(C(C#N)=C(N)N(N(C)C)C4=C3C(=O)CCC4)c3ccccc32)c1. The van der Waals surface area contributed by atoms with Crippen LogP contribution in [0.3, 0.4) is 0 Å². The first-order valence-corrected chi connectivity index (χ1v) is 12.8. The molecule has 0 saturated heterocycles. The van der Waals surface area contributed by atoms with E-state index in [1.807, 2.05) is 0 Å². The Bertz CT molecular complexity index is 1540. The van der Waals surface area contributed by atoms with Gasteiger partial charge in [0.1, 0.15) is 35.3 Å².